The Kier molecular flexibility index (Phi) is 5.00. The highest BCUT2D eigenvalue weighted by atomic mass is 32.2. The Balaban J connectivity index is 1.85. The Hall–Kier alpha value is -1.36. The zero-order valence-electron chi connectivity index (χ0n) is 14.6. The number of nitrogens with zero attached hydrogens (tertiary/aromatic N) is 1. The summed E-state index contributed by atoms with van der Waals surface area (Å²) in [7, 11) is -3.00. The van der Waals surface area contributed by atoms with Crippen molar-refractivity contribution >= 4 is 15.7 Å². The standard InChI is InChI=1S/C19H27NO3S/c1-14(2)12-20(18-9-10-24(22,23)13-18)19(21)17-8-7-15-5-3-4-6-16(15)11-17/h7-8,11,14,18H,3-6,9-10,12-13H2,1-2H3/t18-/m0/s1. The number of sulfone groups is 1. The highest BCUT2D eigenvalue weighted by Gasteiger charge is 2.35. The Morgan fingerprint density at radius 3 is 2.54 bits per heavy atom. The van der Waals surface area contributed by atoms with Crippen molar-refractivity contribution in [1.82, 2.24) is 4.90 Å². The second-order valence-corrected chi connectivity index (χ2v) is 9.83. The van der Waals surface area contributed by atoms with E-state index in [-0.39, 0.29) is 23.5 Å². The van der Waals surface area contributed by atoms with Crippen molar-refractivity contribution in [1.29, 1.82) is 0 Å². The van der Waals surface area contributed by atoms with E-state index in [2.05, 4.69) is 19.9 Å². The second kappa shape index (κ2) is 6.87. The molecular formula is C19H27NO3S. The molecule has 1 saturated heterocycles. The van der Waals surface area contributed by atoms with Gasteiger partial charge in [0.1, 0.15) is 0 Å². The molecule has 3 rings (SSSR count). The highest BCUT2D eigenvalue weighted by molar-refractivity contribution is 7.91. The second-order valence-electron chi connectivity index (χ2n) is 7.60. The van der Waals surface area contributed by atoms with Crippen LogP contribution in [0.2, 0.25) is 0 Å². The number of fused-ring (bicyclic) bond motifs is 1. The van der Waals surface area contributed by atoms with Gasteiger partial charge in [0.2, 0.25) is 0 Å². The van der Waals surface area contributed by atoms with Gasteiger partial charge < -0.3 is 4.90 Å². The fraction of sp³-hybridized carbons (Fsp3) is 0.632. The Labute approximate surface area is 145 Å². The lowest BCUT2D eigenvalue weighted by Gasteiger charge is -2.30. The summed E-state index contributed by atoms with van der Waals surface area (Å²) in [5.41, 5.74) is 3.35. The predicted octanol–water partition coefficient (Wildman–Crippen LogP) is 2.85. The molecule has 0 bridgehead atoms. The minimum absolute atomic E-state index is 0.0147. The quantitative estimate of drug-likeness (QED) is 0.840. The van der Waals surface area contributed by atoms with Crippen LogP contribution < -0.4 is 0 Å². The Morgan fingerprint density at radius 2 is 1.92 bits per heavy atom. The lowest BCUT2D eigenvalue weighted by molar-refractivity contribution is 0.0672. The van der Waals surface area contributed by atoms with Gasteiger partial charge in [0.05, 0.1) is 11.5 Å². The topological polar surface area (TPSA) is 54.5 Å². The maximum atomic E-state index is 13.1. The van der Waals surface area contributed by atoms with E-state index in [0.29, 0.717) is 24.4 Å². The molecule has 1 aromatic rings. The fourth-order valence-corrected chi connectivity index (χ4v) is 5.58. The van der Waals surface area contributed by atoms with Crippen LogP contribution in [0.5, 0.6) is 0 Å². The van der Waals surface area contributed by atoms with Crippen molar-refractivity contribution in [3.63, 3.8) is 0 Å². The first kappa shape index (κ1) is 17.5. The molecule has 1 heterocycles. The largest absolute Gasteiger partial charge is 0.334 e. The monoisotopic (exact) mass is 349 g/mol. The molecule has 1 aliphatic carbocycles. The van der Waals surface area contributed by atoms with Crippen LogP contribution in [-0.2, 0) is 22.7 Å². The van der Waals surface area contributed by atoms with Crippen LogP contribution in [0.4, 0.5) is 0 Å². The molecular weight excluding hydrogens is 322 g/mol. The van der Waals surface area contributed by atoms with Crippen molar-refractivity contribution < 1.29 is 13.2 Å². The van der Waals surface area contributed by atoms with Gasteiger partial charge in [-0.2, -0.15) is 0 Å². The van der Waals surface area contributed by atoms with Crippen LogP contribution >= 0.6 is 0 Å². The van der Waals surface area contributed by atoms with Gasteiger partial charge in [0, 0.05) is 18.2 Å². The molecule has 1 atom stereocenters. The summed E-state index contributed by atoms with van der Waals surface area (Å²) < 4.78 is 23.7. The first-order valence-corrected chi connectivity index (χ1v) is 10.8. The maximum absolute atomic E-state index is 13.1. The van der Waals surface area contributed by atoms with E-state index in [1.807, 2.05) is 12.1 Å². The summed E-state index contributed by atoms with van der Waals surface area (Å²) in [5, 5.41) is 0. The molecule has 4 nitrogen and oxygen atoms in total. The molecule has 5 heteroatoms. The third kappa shape index (κ3) is 3.82. The first-order chi connectivity index (χ1) is 11.4. The number of aryl methyl sites for hydroxylation is 2. The molecule has 0 N–H and O–H groups in total. The van der Waals surface area contributed by atoms with Gasteiger partial charge in [-0.15, -0.1) is 0 Å². The van der Waals surface area contributed by atoms with Crippen LogP contribution in [0.15, 0.2) is 18.2 Å². The van der Waals surface area contributed by atoms with E-state index >= 15 is 0 Å². The van der Waals surface area contributed by atoms with Crippen molar-refractivity contribution in [2.45, 2.75) is 52.0 Å². The summed E-state index contributed by atoms with van der Waals surface area (Å²) in [4.78, 5) is 14.9. The summed E-state index contributed by atoms with van der Waals surface area (Å²) >= 11 is 0. The van der Waals surface area contributed by atoms with Crippen LogP contribution in [0.25, 0.3) is 0 Å². The van der Waals surface area contributed by atoms with Gasteiger partial charge in [-0.25, -0.2) is 8.42 Å². The molecule has 1 fully saturated rings. The van der Waals surface area contributed by atoms with E-state index < -0.39 is 9.84 Å². The van der Waals surface area contributed by atoms with Gasteiger partial charge in [0.25, 0.3) is 5.91 Å². The lowest BCUT2D eigenvalue weighted by Crippen LogP contribution is -2.43. The van der Waals surface area contributed by atoms with Crippen LogP contribution in [0.3, 0.4) is 0 Å². The van der Waals surface area contributed by atoms with E-state index in [1.165, 1.54) is 24.0 Å². The summed E-state index contributed by atoms with van der Waals surface area (Å²) in [5.74, 6) is 0.606. The van der Waals surface area contributed by atoms with E-state index in [9.17, 15) is 13.2 Å². The molecule has 0 unspecified atom stereocenters. The molecule has 0 saturated carbocycles. The third-order valence-electron chi connectivity index (χ3n) is 5.07. The van der Waals surface area contributed by atoms with Crippen LogP contribution in [0.1, 0.15) is 54.6 Å². The fourth-order valence-electron chi connectivity index (χ4n) is 3.84. The minimum Gasteiger partial charge on any atom is -0.334 e. The minimum atomic E-state index is -3.00. The normalized spacial score (nSPS) is 22.4. The number of benzene rings is 1. The molecule has 1 amide bonds. The summed E-state index contributed by atoms with van der Waals surface area (Å²) in [6.45, 7) is 4.74. The molecule has 2 aliphatic rings. The van der Waals surface area contributed by atoms with Gasteiger partial charge in [-0.3, -0.25) is 4.79 Å². The Bertz CT molecular complexity index is 724. The molecule has 1 aromatic carbocycles. The molecule has 132 valence electrons. The molecule has 0 radical (unpaired) electrons. The average molecular weight is 349 g/mol. The number of rotatable bonds is 4. The van der Waals surface area contributed by atoms with Gasteiger partial charge >= 0.3 is 0 Å². The van der Waals surface area contributed by atoms with Crippen LogP contribution in [-0.4, -0.2) is 43.3 Å². The van der Waals surface area contributed by atoms with Crippen molar-refractivity contribution in [2.75, 3.05) is 18.1 Å². The molecule has 0 aromatic heterocycles. The number of amides is 1. The maximum Gasteiger partial charge on any atom is 0.254 e. The zero-order chi connectivity index (χ0) is 17.3. The van der Waals surface area contributed by atoms with Crippen LogP contribution in [0, 0.1) is 5.92 Å². The molecule has 0 spiro atoms. The molecule has 24 heavy (non-hydrogen) atoms. The number of carbonyl (C=O) groups excluding carboxylic acids is 1. The Morgan fingerprint density at radius 1 is 1.21 bits per heavy atom. The first-order valence-electron chi connectivity index (χ1n) is 8.99. The van der Waals surface area contributed by atoms with E-state index in [4.69, 9.17) is 0 Å². The van der Waals surface area contributed by atoms with Gasteiger partial charge in [-0.1, -0.05) is 19.9 Å². The summed E-state index contributed by atoms with van der Waals surface area (Å²) in [6, 6.07) is 5.86. The number of hydrogen-bond acceptors (Lipinski definition) is 3. The van der Waals surface area contributed by atoms with Crippen molar-refractivity contribution in [2.24, 2.45) is 5.92 Å². The van der Waals surface area contributed by atoms with Gasteiger partial charge in [-0.05, 0) is 61.3 Å². The summed E-state index contributed by atoms with van der Waals surface area (Å²) in [6.07, 6.45) is 5.10. The average Bonchev–Trinajstić information content (AvgIpc) is 2.91. The highest BCUT2D eigenvalue weighted by Crippen LogP contribution is 2.25. The van der Waals surface area contributed by atoms with Crippen molar-refractivity contribution in [3.05, 3.63) is 34.9 Å². The number of hydrogen-bond donors (Lipinski definition) is 0. The number of carbonyl (C=O) groups is 1. The SMILES string of the molecule is CC(C)CN(C(=O)c1ccc2c(c1)CCCC2)[C@H]1CCS(=O)(=O)C1. The van der Waals surface area contributed by atoms with Gasteiger partial charge in [0.15, 0.2) is 9.84 Å². The molecule has 1 aliphatic heterocycles. The zero-order valence-corrected chi connectivity index (χ0v) is 15.4. The lowest BCUT2D eigenvalue weighted by atomic mass is 9.90. The van der Waals surface area contributed by atoms with E-state index in [1.54, 1.807) is 4.90 Å². The third-order valence-corrected chi connectivity index (χ3v) is 6.82. The van der Waals surface area contributed by atoms with Crippen molar-refractivity contribution in [3.8, 4) is 0 Å². The predicted molar refractivity (Wildman–Crippen MR) is 96.0 cm³/mol. The van der Waals surface area contributed by atoms with E-state index in [0.717, 1.165) is 12.8 Å². The smallest absolute Gasteiger partial charge is 0.254 e.